The average molecular weight is 285 g/mol. The van der Waals surface area contributed by atoms with E-state index < -0.39 is 0 Å². The summed E-state index contributed by atoms with van der Waals surface area (Å²) < 4.78 is 0. The molecule has 19 heavy (non-hydrogen) atoms. The zero-order valence-electron chi connectivity index (χ0n) is 12.4. The minimum absolute atomic E-state index is 0.786. The number of nitrogens with one attached hydrogen (secondary N) is 1. The lowest BCUT2D eigenvalue weighted by molar-refractivity contribution is 0.239. The van der Waals surface area contributed by atoms with Gasteiger partial charge in [-0.25, -0.2) is 10.8 Å². The maximum atomic E-state index is 5.35. The van der Waals surface area contributed by atoms with Crippen LogP contribution in [0.2, 0.25) is 0 Å². The van der Waals surface area contributed by atoms with Crippen molar-refractivity contribution in [1.82, 2.24) is 14.8 Å². The molecule has 0 radical (unpaired) electrons. The number of thiazole rings is 1. The normalized spacial score (nSPS) is 11.5. The average Bonchev–Trinajstić information content (AvgIpc) is 2.90. The first-order valence-electron chi connectivity index (χ1n) is 7.09. The van der Waals surface area contributed by atoms with Crippen molar-refractivity contribution in [3.63, 3.8) is 0 Å². The largest absolute Gasteiger partial charge is 0.304 e. The zero-order chi connectivity index (χ0) is 14.1. The molecule has 0 saturated carbocycles. The summed E-state index contributed by atoms with van der Waals surface area (Å²) >= 11 is 1.63. The molecule has 0 aromatic carbocycles. The van der Waals surface area contributed by atoms with Crippen molar-refractivity contribution in [1.29, 1.82) is 0 Å². The molecule has 110 valence electrons. The van der Waals surface area contributed by atoms with Gasteiger partial charge in [0.25, 0.3) is 0 Å². The highest BCUT2D eigenvalue weighted by Crippen LogP contribution is 2.18. The van der Waals surface area contributed by atoms with Crippen LogP contribution in [0.1, 0.15) is 32.1 Å². The van der Waals surface area contributed by atoms with Crippen LogP contribution in [0.3, 0.4) is 0 Å². The van der Waals surface area contributed by atoms with Gasteiger partial charge in [-0.1, -0.05) is 32.1 Å². The number of nitrogens with zero attached hydrogens (tertiary/aromatic N) is 3. The van der Waals surface area contributed by atoms with Crippen LogP contribution in [0, 0.1) is 0 Å². The van der Waals surface area contributed by atoms with Gasteiger partial charge in [0.15, 0.2) is 5.13 Å². The summed E-state index contributed by atoms with van der Waals surface area (Å²) in [6, 6.07) is 0. The molecule has 0 unspecified atom stereocenters. The van der Waals surface area contributed by atoms with E-state index in [0.717, 1.165) is 37.9 Å². The molecule has 0 bridgehead atoms. The summed E-state index contributed by atoms with van der Waals surface area (Å²) in [5.41, 5.74) is 2.59. The fourth-order valence-corrected chi connectivity index (χ4v) is 2.84. The lowest BCUT2D eigenvalue weighted by Crippen LogP contribution is -2.29. The van der Waals surface area contributed by atoms with E-state index in [1.165, 1.54) is 17.8 Å². The van der Waals surface area contributed by atoms with Gasteiger partial charge in [-0.3, -0.25) is 10.3 Å². The number of hydrazine groups is 1. The Morgan fingerprint density at radius 2 is 1.79 bits per heavy atom. The molecule has 1 rings (SSSR count). The van der Waals surface area contributed by atoms with Gasteiger partial charge in [-0.2, -0.15) is 0 Å². The van der Waals surface area contributed by atoms with E-state index >= 15 is 0 Å². The smallest absolute Gasteiger partial charge is 0.197 e. The molecule has 0 fully saturated rings. The molecule has 3 N–H and O–H groups in total. The van der Waals surface area contributed by atoms with Gasteiger partial charge < -0.3 is 4.90 Å². The zero-order valence-corrected chi connectivity index (χ0v) is 13.2. The van der Waals surface area contributed by atoms with Gasteiger partial charge in [0.1, 0.15) is 0 Å². The van der Waals surface area contributed by atoms with Crippen molar-refractivity contribution in [3.8, 4) is 0 Å². The van der Waals surface area contributed by atoms with E-state index in [4.69, 9.17) is 5.84 Å². The van der Waals surface area contributed by atoms with Gasteiger partial charge in [0, 0.05) is 17.6 Å². The lowest BCUT2D eigenvalue weighted by atomic mass is 10.3. The third-order valence-corrected chi connectivity index (χ3v) is 4.26. The first kappa shape index (κ1) is 16.4. The van der Waals surface area contributed by atoms with Gasteiger partial charge in [-0.05, 0) is 39.1 Å². The molecular formula is C13H27N5S. The molecule has 0 atom stereocenters. The summed E-state index contributed by atoms with van der Waals surface area (Å²) in [6.45, 7) is 13.3. The Morgan fingerprint density at radius 1 is 1.16 bits per heavy atom. The highest BCUT2D eigenvalue weighted by atomic mass is 32.1. The van der Waals surface area contributed by atoms with Crippen molar-refractivity contribution in [2.75, 3.05) is 38.1 Å². The molecule has 0 aliphatic carbocycles. The molecule has 0 saturated heterocycles. The summed E-state index contributed by atoms with van der Waals surface area (Å²) in [6.07, 6.45) is 3.13. The molecule has 6 heteroatoms. The topological polar surface area (TPSA) is 57.4 Å². The first-order chi connectivity index (χ1) is 9.23. The van der Waals surface area contributed by atoms with Gasteiger partial charge in [0.05, 0.1) is 0 Å². The Bertz CT molecular complexity index is 338. The quantitative estimate of drug-likeness (QED) is 0.508. The fourth-order valence-electron chi connectivity index (χ4n) is 2.07. The van der Waals surface area contributed by atoms with Crippen molar-refractivity contribution in [2.45, 2.75) is 33.7 Å². The van der Waals surface area contributed by atoms with Crippen LogP contribution in [-0.2, 0) is 6.54 Å². The Labute approximate surface area is 120 Å². The molecular weight excluding hydrogens is 258 g/mol. The van der Waals surface area contributed by atoms with Crippen LogP contribution < -0.4 is 11.3 Å². The predicted octanol–water partition coefficient (Wildman–Crippen LogP) is 1.98. The van der Waals surface area contributed by atoms with E-state index in [0.29, 0.717) is 0 Å². The molecule has 1 aromatic rings. The maximum absolute atomic E-state index is 5.35. The fraction of sp³-hybridized carbons (Fsp3) is 0.769. The van der Waals surface area contributed by atoms with Crippen molar-refractivity contribution >= 4 is 16.5 Å². The third kappa shape index (κ3) is 5.86. The molecule has 5 nitrogen and oxygen atoms in total. The standard InChI is InChI=1S/C13H27N5S/c1-4-17(5-2)8-7-9-18(6-3)11-12-10-15-13(16-14)19-12/h10H,4-9,11,14H2,1-3H3,(H,15,16). The molecule has 0 aliphatic heterocycles. The van der Waals surface area contributed by atoms with Crippen molar-refractivity contribution < 1.29 is 0 Å². The van der Waals surface area contributed by atoms with Crippen LogP contribution in [0.5, 0.6) is 0 Å². The number of nitrogen functional groups attached to an aromatic ring is 1. The second-order valence-corrected chi connectivity index (χ2v) is 5.64. The first-order valence-corrected chi connectivity index (χ1v) is 7.91. The van der Waals surface area contributed by atoms with Crippen LogP contribution >= 0.6 is 11.3 Å². The highest BCUT2D eigenvalue weighted by Gasteiger charge is 2.07. The van der Waals surface area contributed by atoms with E-state index in [1.54, 1.807) is 11.3 Å². The van der Waals surface area contributed by atoms with E-state index in [1.807, 2.05) is 6.20 Å². The Balaban J connectivity index is 2.33. The molecule has 1 aromatic heterocycles. The molecule has 1 heterocycles. The highest BCUT2D eigenvalue weighted by molar-refractivity contribution is 7.15. The summed E-state index contributed by atoms with van der Waals surface area (Å²) in [4.78, 5) is 10.4. The minimum atomic E-state index is 0.786. The van der Waals surface area contributed by atoms with E-state index in [-0.39, 0.29) is 0 Å². The number of rotatable bonds is 10. The second kappa shape index (κ2) is 9.25. The Hall–Kier alpha value is -0.690. The molecule has 0 aliphatic rings. The lowest BCUT2D eigenvalue weighted by Gasteiger charge is -2.22. The number of aromatic nitrogens is 1. The van der Waals surface area contributed by atoms with E-state index in [2.05, 4.69) is 41.0 Å². The van der Waals surface area contributed by atoms with Crippen molar-refractivity contribution in [2.24, 2.45) is 5.84 Å². The second-order valence-electron chi connectivity index (χ2n) is 4.53. The number of anilines is 1. The van der Waals surface area contributed by atoms with Gasteiger partial charge in [-0.15, -0.1) is 0 Å². The number of nitrogens with two attached hydrogens (primary N) is 1. The number of hydrogen-bond acceptors (Lipinski definition) is 6. The van der Waals surface area contributed by atoms with E-state index in [9.17, 15) is 0 Å². The minimum Gasteiger partial charge on any atom is -0.304 e. The maximum Gasteiger partial charge on any atom is 0.197 e. The Kier molecular flexibility index (Phi) is 7.97. The third-order valence-electron chi connectivity index (χ3n) is 3.35. The van der Waals surface area contributed by atoms with Crippen LogP contribution in [-0.4, -0.2) is 47.5 Å². The SMILES string of the molecule is CCN(CC)CCCN(CC)Cc1cnc(NN)s1. The summed E-state index contributed by atoms with van der Waals surface area (Å²) in [5, 5.41) is 0.786. The van der Waals surface area contributed by atoms with Crippen molar-refractivity contribution in [3.05, 3.63) is 11.1 Å². The van der Waals surface area contributed by atoms with Crippen LogP contribution in [0.4, 0.5) is 5.13 Å². The van der Waals surface area contributed by atoms with Crippen LogP contribution in [0.25, 0.3) is 0 Å². The van der Waals surface area contributed by atoms with Gasteiger partial charge >= 0.3 is 0 Å². The Morgan fingerprint density at radius 3 is 2.32 bits per heavy atom. The summed E-state index contributed by atoms with van der Waals surface area (Å²) in [5.74, 6) is 5.35. The number of hydrogen-bond donors (Lipinski definition) is 2. The van der Waals surface area contributed by atoms with Crippen LogP contribution in [0.15, 0.2) is 6.20 Å². The van der Waals surface area contributed by atoms with Gasteiger partial charge in [0.2, 0.25) is 0 Å². The predicted molar refractivity (Wildman–Crippen MR) is 83.3 cm³/mol. The molecule has 0 amide bonds. The summed E-state index contributed by atoms with van der Waals surface area (Å²) in [7, 11) is 0. The molecule has 0 spiro atoms. The monoisotopic (exact) mass is 285 g/mol.